The van der Waals surface area contributed by atoms with Crippen LogP contribution in [0.5, 0.6) is 0 Å². The Morgan fingerprint density at radius 3 is 2.74 bits per heavy atom. The monoisotopic (exact) mass is 254 g/mol. The highest BCUT2D eigenvalue weighted by Crippen LogP contribution is 2.40. The Balaban J connectivity index is 2.11. The fraction of sp³-hybridized carbons (Fsp3) is 0.375. The van der Waals surface area contributed by atoms with Gasteiger partial charge in [-0.05, 0) is 38.8 Å². The van der Waals surface area contributed by atoms with Crippen LogP contribution < -0.4 is 5.32 Å². The van der Waals surface area contributed by atoms with Gasteiger partial charge in [-0.3, -0.25) is 9.78 Å². The highest BCUT2D eigenvalue weighted by atomic mass is 16.1. The van der Waals surface area contributed by atoms with Crippen molar-refractivity contribution < 1.29 is 4.79 Å². The molecule has 98 valence electrons. The van der Waals surface area contributed by atoms with Crippen LogP contribution in [0.15, 0.2) is 30.3 Å². The summed E-state index contributed by atoms with van der Waals surface area (Å²) in [4.78, 5) is 17.0. The van der Waals surface area contributed by atoms with Crippen molar-refractivity contribution in [2.45, 2.75) is 38.6 Å². The number of fused-ring (bicyclic) bond motifs is 1. The molecule has 3 rings (SSSR count). The quantitative estimate of drug-likeness (QED) is 0.913. The van der Waals surface area contributed by atoms with Crippen molar-refractivity contribution in [1.82, 2.24) is 10.3 Å². The van der Waals surface area contributed by atoms with Gasteiger partial charge in [0, 0.05) is 23.0 Å². The van der Waals surface area contributed by atoms with E-state index in [0.717, 1.165) is 22.2 Å². The van der Waals surface area contributed by atoms with Crippen LogP contribution in [0.25, 0.3) is 10.9 Å². The van der Waals surface area contributed by atoms with Gasteiger partial charge < -0.3 is 5.32 Å². The number of nitrogens with zero attached hydrogens (tertiary/aromatic N) is 1. The highest BCUT2D eigenvalue weighted by molar-refractivity contribution is 6.06. The molecule has 19 heavy (non-hydrogen) atoms. The van der Waals surface area contributed by atoms with E-state index in [4.69, 9.17) is 0 Å². The summed E-state index contributed by atoms with van der Waals surface area (Å²) in [6.07, 6.45) is 2.38. The zero-order chi connectivity index (χ0) is 13.4. The van der Waals surface area contributed by atoms with Crippen molar-refractivity contribution in [3.05, 3.63) is 41.6 Å². The van der Waals surface area contributed by atoms with E-state index in [1.165, 1.54) is 12.8 Å². The van der Waals surface area contributed by atoms with Crippen molar-refractivity contribution in [3.63, 3.8) is 0 Å². The molecule has 1 heterocycles. The van der Waals surface area contributed by atoms with Crippen LogP contribution in [0.1, 0.15) is 48.7 Å². The number of rotatable bonds is 3. The first-order valence-electron chi connectivity index (χ1n) is 6.85. The van der Waals surface area contributed by atoms with E-state index < -0.39 is 0 Å². The van der Waals surface area contributed by atoms with E-state index in [1.807, 2.05) is 44.2 Å². The Morgan fingerprint density at radius 1 is 1.32 bits per heavy atom. The smallest absolute Gasteiger partial charge is 0.252 e. The molecule has 0 bridgehead atoms. The third kappa shape index (κ3) is 2.46. The second-order valence-electron chi connectivity index (χ2n) is 5.51. The van der Waals surface area contributed by atoms with E-state index in [-0.39, 0.29) is 11.9 Å². The number of carbonyl (C=O) groups is 1. The normalized spacial score (nSPS) is 14.9. The van der Waals surface area contributed by atoms with E-state index in [0.29, 0.717) is 5.92 Å². The van der Waals surface area contributed by atoms with Crippen molar-refractivity contribution >= 4 is 16.8 Å². The average Bonchev–Trinajstić information content (AvgIpc) is 3.20. The summed E-state index contributed by atoms with van der Waals surface area (Å²) in [7, 11) is 0. The predicted molar refractivity (Wildman–Crippen MR) is 76.3 cm³/mol. The van der Waals surface area contributed by atoms with Crippen molar-refractivity contribution in [1.29, 1.82) is 0 Å². The van der Waals surface area contributed by atoms with Gasteiger partial charge in [-0.2, -0.15) is 0 Å². The Morgan fingerprint density at radius 2 is 2.05 bits per heavy atom. The molecule has 0 spiro atoms. The Bertz CT molecular complexity index is 630. The molecule has 2 aromatic rings. The molecule has 0 aliphatic heterocycles. The number of hydrogen-bond acceptors (Lipinski definition) is 2. The predicted octanol–water partition coefficient (Wildman–Crippen LogP) is 3.25. The molecule has 0 unspecified atom stereocenters. The highest BCUT2D eigenvalue weighted by Gasteiger charge is 2.26. The maximum absolute atomic E-state index is 12.3. The van der Waals surface area contributed by atoms with Crippen LogP contribution in [0.3, 0.4) is 0 Å². The second kappa shape index (κ2) is 4.65. The number of para-hydroxylation sites is 1. The molecular weight excluding hydrogens is 236 g/mol. The first-order valence-corrected chi connectivity index (χ1v) is 6.85. The van der Waals surface area contributed by atoms with Crippen LogP contribution in [-0.4, -0.2) is 16.9 Å². The molecule has 3 heteroatoms. The number of amides is 1. The number of pyridine rings is 1. The van der Waals surface area contributed by atoms with Crippen LogP contribution in [0.2, 0.25) is 0 Å². The lowest BCUT2D eigenvalue weighted by Crippen LogP contribution is -2.30. The van der Waals surface area contributed by atoms with Crippen LogP contribution in [0.4, 0.5) is 0 Å². The lowest BCUT2D eigenvalue weighted by atomic mass is 10.1. The molecule has 3 nitrogen and oxygen atoms in total. The third-order valence-corrected chi connectivity index (χ3v) is 3.40. The molecule has 1 aliphatic rings. The number of hydrogen-bond donors (Lipinski definition) is 1. The molecule has 1 fully saturated rings. The minimum Gasteiger partial charge on any atom is -0.350 e. The van der Waals surface area contributed by atoms with Crippen LogP contribution in [0, 0.1) is 0 Å². The van der Waals surface area contributed by atoms with Gasteiger partial charge in [-0.1, -0.05) is 18.2 Å². The van der Waals surface area contributed by atoms with Crippen LogP contribution >= 0.6 is 0 Å². The van der Waals surface area contributed by atoms with Gasteiger partial charge in [0.05, 0.1) is 11.1 Å². The van der Waals surface area contributed by atoms with E-state index in [2.05, 4.69) is 10.3 Å². The van der Waals surface area contributed by atoms with Crippen LogP contribution in [-0.2, 0) is 0 Å². The van der Waals surface area contributed by atoms with Gasteiger partial charge >= 0.3 is 0 Å². The van der Waals surface area contributed by atoms with Gasteiger partial charge in [0.15, 0.2) is 0 Å². The molecule has 0 atom stereocenters. The lowest BCUT2D eigenvalue weighted by molar-refractivity contribution is 0.0944. The molecule has 1 aliphatic carbocycles. The number of nitrogens with one attached hydrogen (secondary N) is 1. The summed E-state index contributed by atoms with van der Waals surface area (Å²) in [5.74, 6) is 0.547. The van der Waals surface area contributed by atoms with Gasteiger partial charge in [-0.15, -0.1) is 0 Å². The molecular formula is C16H18N2O. The second-order valence-corrected chi connectivity index (χ2v) is 5.51. The van der Waals surface area contributed by atoms with E-state index >= 15 is 0 Å². The van der Waals surface area contributed by atoms with E-state index in [1.54, 1.807) is 0 Å². The maximum Gasteiger partial charge on any atom is 0.252 e. The number of benzene rings is 1. The van der Waals surface area contributed by atoms with Gasteiger partial charge in [0.1, 0.15) is 0 Å². The van der Waals surface area contributed by atoms with Gasteiger partial charge in [0.25, 0.3) is 5.91 Å². The van der Waals surface area contributed by atoms with Crippen molar-refractivity contribution in [3.8, 4) is 0 Å². The molecule has 1 saturated carbocycles. The first kappa shape index (κ1) is 12.2. The molecule has 1 N–H and O–H groups in total. The molecule has 1 amide bonds. The minimum absolute atomic E-state index is 0.00417. The topological polar surface area (TPSA) is 42.0 Å². The fourth-order valence-corrected chi connectivity index (χ4v) is 2.31. The summed E-state index contributed by atoms with van der Waals surface area (Å²) in [5, 5.41) is 3.91. The SMILES string of the molecule is CC(C)NC(=O)c1cc(C2CC2)nc2ccccc12. The Labute approximate surface area is 113 Å². The Hall–Kier alpha value is -1.90. The molecule has 0 radical (unpaired) electrons. The number of carbonyl (C=O) groups excluding carboxylic acids is 1. The number of aromatic nitrogens is 1. The van der Waals surface area contributed by atoms with Gasteiger partial charge in [0.2, 0.25) is 0 Å². The molecule has 1 aromatic heterocycles. The summed E-state index contributed by atoms with van der Waals surface area (Å²) in [5.41, 5.74) is 2.73. The fourth-order valence-electron chi connectivity index (χ4n) is 2.31. The standard InChI is InChI=1S/C16H18N2O/c1-10(2)17-16(19)13-9-15(11-7-8-11)18-14-6-4-3-5-12(13)14/h3-6,9-11H,7-8H2,1-2H3,(H,17,19). The summed E-state index contributed by atoms with van der Waals surface area (Å²) in [6, 6.07) is 9.98. The molecule has 0 saturated heterocycles. The van der Waals surface area contributed by atoms with Crippen molar-refractivity contribution in [2.75, 3.05) is 0 Å². The largest absolute Gasteiger partial charge is 0.350 e. The summed E-state index contributed by atoms with van der Waals surface area (Å²) < 4.78 is 0. The lowest BCUT2D eigenvalue weighted by Gasteiger charge is -2.12. The zero-order valence-electron chi connectivity index (χ0n) is 11.3. The minimum atomic E-state index is -0.00417. The first-order chi connectivity index (χ1) is 9.15. The summed E-state index contributed by atoms with van der Waals surface area (Å²) >= 11 is 0. The van der Waals surface area contributed by atoms with Gasteiger partial charge in [-0.25, -0.2) is 0 Å². The zero-order valence-corrected chi connectivity index (χ0v) is 11.3. The maximum atomic E-state index is 12.3. The van der Waals surface area contributed by atoms with Crippen molar-refractivity contribution in [2.24, 2.45) is 0 Å². The summed E-state index contributed by atoms with van der Waals surface area (Å²) in [6.45, 7) is 3.95. The molecule has 1 aromatic carbocycles. The third-order valence-electron chi connectivity index (χ3n) is 3.40. The Kier molecular flexibility index (Phi) is 2.97. The average molecular weight is 254 g/mol. The van der Waals surface area contributed by atoms with E-state index in [9.17, 15) is 4.79 Å².